The van der Waals surface area contributed by atoms with Crippen molar-refractivity contribution < 1.29 is 4.92 Å². The lowest BCUT2D eigenvalue weighted by Gasteiger charge is -2.38. The summed E-state index contributed by atoms with van der Waals surface area (Å²) in [5.74, 6) is 0.369. The highest BCUT2D eigenvalue weighted by Gasteiger charge is 2.39. The van der Waals surface area contributed by atoms with Gasteiger partial charge in [-0.15, -0.1) is 0 Å². The van der Waals surface area contributed by atoms with Crippen LogP contribution in [0, 0.1) is 10.1 Å². The zero-order valence-corrected chi connectivity index (χ0v) is 15.3. The first kappa shape index (κ1) is 16.7. The fraction of sp³-hybridized carbons (Fsp3) is 0.158. The highest BCUT2D eigenvalue weighted by atomic mass is 79.9. The lowest BCUT2D eigenvalue weighted by Crippen LogP contribution is -2.40. The third-order valence-corrected chi connectivity index (χ3v) is 4.92. The van der Waals surface area contributed by atoms with Gasteiger partial charge in [0.05, 0.1) is 22.7 Å². The number of rotatable bonds is 3. The van der Waals surface area contributed by atoms with E-state index < -0.39 is 0 Å². The molecule has 0 radical (unpaired) electrons. The summed E-state index contributed by atoms with van der Waals surface area (Å²) < 4.78 is 0.653. The predicted molar refractivity (Wildman–Crippen MR) is 102 cm³/mol. The minimum atomic E-state index is -0.386. The van der Waals surface area contributed by atoms with E-state index in [1.807, 2.05) is 59.6 Å². The summed E-state index contributed by atoms with van der Waals surface area (Å²) in [6.07, 6.45) is 5.77. The highest BCUT2D eigenvalue weighted by molar-refractivity contribution is 9.11. The second-order valence-corrected chi connectivity index (χ2v) is 7.01. The maximum absolute atomic E-state index is 11.6. The summed E-state index contributed by atoms with van der Waals surface area (Å²) >= 11 is 3.39. The lowest BCUT2D eigenvalue weighted by atomic mass is 9.93. The number of benzene rings is 1. The number of aliphatic imine (C=N–C) groups is 1. The Balaban J connectivity index is 1.84. The van der Waals surface area contributed by atoms with Crippen LogP contribution < -0.4 is 0 Å². The van der Waals surface area contributed by atoms with E-state index in [2.05, 4.69) is 20.9 Å². The first-order valence-electron chi connectivity index (χ1n) is 8.19. The molecule has 4 rings (SSSR count). The second-order valence-electron chi connectivity index (χ2n) is 6.09. The monoisotopic (exact) mass is 410 g/mol. The zero-order chi connectivity index (χ0) is 18.1. The molecule has 130 valence electrons. The average Bonchev–Trinajstić information content (AvgIpc) is 2.68. The number of fused-ring (bicyclic) bond motifs is 1. The van der Waals surface area contributed by atoms with E-state index in [4.69, 9.17) is 4.99 Å². The molecule has 3 heterocycles. The van der Waals surface area contributed by atoms with Crippen LogP contribution in [0.1, 0.15) is 29.8 Å². The molecule has 1 aromatic heterocycles. The van der Waals surface area contributed by atoms with Gasteiger partial charge in [0.1, 0.15) is 0 Å². The van der Waals surface area contributed by atoms with Crippen molar-refractivity contribution in [2.75, 3.05) is 0 Å². The Morgan fingerprint density at radius 1 is 1.15 bits per heavy atom. The van der Waals surface area contributed by atoms with E-state index in [-0.39, 0.29) is 22.7 Å². The number of nitro groups is 1. The quantitative estimate of drug-likeness (QED) is 0.555. The van der Waals surface area contributed by atoms with Gasteiger partial charge >= 0.3 is 5.70 Å². The topological polar surface area (TPSA) is 71.6 Å². The third-order valence-electron chi connectivity index (χ3n) is 4.48. The largest absolute Gasteiger partial charge is 0.319 e. The van der Waals surface area contributed by atoms with Gasteiger partial charge in [-0.25, -0.2) is 0 Å². The molecule has 1 aromatic carbocycles. The van der Waals surface area contributed by atoms with E-state index in [0.29, 0.717) is 16.7 Å². The number of pyridine rings is 1. The fourth-order valence-electron chi connectivity index (χ4n) is 3.32. The second kappa shape index (κ2) is 6.84. The Hall–Kier alpha value is -2.80. The van der Waals surface area contributed by atoms with Crippen molar-refractivity contribution in [3.8, 4) is 0 Å². The van der Waals surface area contributed by atoms with Crippen molar-refractivity contribution in [2.45, 2.75) is 18.5 Å². The molecule has 2 aliphatic rings. The Bertz CT molecular complexity index is 925. The van der Waals surface area contributed by atoms with Crippen molar-refractivity contribution in [1.82, 2.24) is 9.88 Å². The number of amidine groups is 1. The number of hydrogen-bond donors (Lipinski definition) is 0. The van der Waals surface area contributed by atoms with Crippen LogP contribution in [0.25, 0.3) is 0 Å². The predicted octanol–water partition coefficient (Wildman–Crippen LogP) is 4.38. The molecular weight excluding hydrogens is 396 g/mol. The van der Waals surface area contributed by atoms with Crippen molar-refractivity contribution in [1.29, 1.82) is 0 Å². The smallest absolute Gasteiger partial charge is 0.312 e. The summed E-state index contributed by atoms with van der Waals surface area (Å²) in [6.45, 7) is 0. The van der Waals surface area contributed by atoms with Crippen molar-refractivity contribution in [2.24, 2.45) is 4.99 Å². The maximum atomic E-state index is 11.6. The molecule has 26 heavy (non-hydrogen) atoms. The molecular formula is C19H15BrN4O2. The van der Waals surface area contributed by atoms with Gasteiger partial charge in [0.15, 0.2) is 0 Å². The van der Waals surface area contributed by atoms with Crippen LogP contribution in [-0.2, 0) is 0 Å². The third kappa shape index (κ3) is 3.06. The first-order chi connectivity index (χ1) is 12.6. The molecule has 0 bridgehead atoms. The van der Waals surface area contributed by atoms with Crippen LogP contribution in [0.3, 0.4) is 0 Å². The van der Waals surface area contributed by atoms with E-state index in [1.54, 1.807) is 6.20 Å². The number of aromatic nitrogens is 1. The zero-order valence-electron chi connectivity index (χ0n) is 13.7. The van der Waals surface area contributed by atoms with Gasteiger partial charge in [0.2, 0.25) is 5.84 Å². The molecule has 2 unspecified atom stereocenters. The SMILES string of the molecule is O=[N+]([O-])C1=CC(Br)=CN2C1=NC(c1ccccn1)CC2c1ccccc1. The van der Waals surface area contributed by atoms with Crippen LogP contribution in [-0.4, -0.2) is 20.6 Å². The Morgan fingerprint density at radius 2 is 1.92 bits per heavy atom. The standard InChI is InChI=1S/C19H15BrN4O2/c20-14-10-18(24(25)26)19-22-16(15-8-4-5-9-21-15)11-17(23(19)12-14)13-6-2-1-3-7-13/h1-10,12,16-17H,11H2. The molecule has 0 saturated heterocycles. The van der Waals surface area contributed by atoms with Gasteiger partial charge < -0.3 is 4.90 Å². The van der Waals surface area contributed by atoms with Crippen molar-refractivity contribution >= 4 is 21.8 Å². The summed E-state index contributed by atoms with van der Waals surface area (Å²) in [5, 5.41) is 11.6. The highest BCUT2D eigenvalue weighted by Crippen LogP contribution is 2.41. The molecule has 2 aromatic rings. The van der Waals surface area contributed by atoms with E-state index in [9.17, 15) is 10.1 Å². The summed E-state index contributed by atoms with van der Waals surface area (Å²) in [4.78, 5) is 22.2. The lowest BCUT2D eigenvalue weighted by molar-refractivity contribution is -0.416. The molecule has 2 atom stereocenters. The number of hydrogen-bond acceptors (Lipinski definition) is 5. The fourth-order valence-corrected chi connectivity index (χ4v) is 3.76. The van der Waals surface area contributed by atoms with Gasteiger partial charge in [-0.3, -0.25) is 20.1 Å². The normalized spacial score (nSPS) is 22.0. The first-order valence-corrected chi connectivity index (χ1v) is 8.98. The number of nitrogens with zero attached hydrogens (tertiary/aromatic N) is 4. The molecule has 0 spiro atoms. The van der Waals surface area contributed by atoms with Gasteiger partial charge in [0.25, 0.3) is 0 Å². The molecule has 0 saturated carbocycles. The summed E-state index contributed by atoms with van der Waals surface area (Å²) in [5.41, 5.74) is 1.89. The average molecular weight is 411 g/mol. The van der Waals surface area contributed by atoms with Gasteiger partial charge in [0, 0.05) is 29.4 Å². The summed E-state index contributed by atoms with van der Waals surface area (Å²) in [6, 6.07) is 15.4. The molecule has 6 nitrogen and oxygen atoms in total. The van der Waals surface area contributed by atoms with Gasteiger partial charge in [-0.05, 0) is 33.6 Å². The van der Waals surface area contributed by atoms with Crippen LogP contribution in [0.5, 0.6) is 0 Å². The van der Waals surface area contributed by atoms with Crippen LogP contribution >= 0.6 is 15.9 Å². The van der Waals surface area contributed by atoms with Crippen molar-refractivity contribution in [3.05, 3.63) is 98.6 Å². The van der Waals surface area contributed by atoms with Crippen molar-refractivity contribution in [3.63, 3.8) is 0 Å². The Kier molecular flexibility index (Phi) is 4.38. The maximum Gasteiger partial charge on any atom is 0.312 e. The minimum absolute atomic E-state index is 0.0130. The molecule has 0 N–H and O–H groups in total. The number of allylic oxidation sites excluding steroid dienone is 2. The molecule has 2 aliphatic heterocycles. The van der Waals surface area contributed by atoms with Gasteiger partial charge in [-0.2, -0.15) is 0 Å². The number of halogens is 1. The molecule has 0 fully saturated rings. The minimum Gasteiger partial charge on any atom is -0.319 e. The van der Waals surface area contributed by atoms with E-state index >= 15 is 0 Å². The summed E-state index contributed by atoms with van der Waals surface area (Å²) in [7, 11) is 0. The molecule has 0 aliphatic carbocycles. The Morgan fingerprint density at radius 3 is 2.62 bits per heavy atom. The molecule has 7 heteroatoms. The molecule has 0 amide bonds. The van der Waals surface area contributed by atoms with Crippen LogP contribution in [0.4, 0.5) is 0 Å². The van der Waals surface area contributed by atoms with Crippen LogP contribution in [0.15, 0.2) is 82.2 Å². The Labute approximate surface area is 158 Å². The van der Waals surface area contributed by atoms with E-state index in [0.717, 1.165) is 11.3 Å². The van der Waals surface area contributed by atoms with Gasteiger partial charge in [-0.1, -0.05) is 36.4 Å². The van der Waals surface area contributed by atoms with Crippen LogP contribution in [0.2, 0.25) is 0 Å². The van der Waals surface area contributed by atoms with E-state index in [1.165, 1.54) is 6.08 Å².